The molecule has 0 unspecified atom stereocenters. The number of allylic oxidation sites excluding steroid dienone is 4. The Labute approximate surface area is 153 Å². The van der Waals surface area contributed by atoms with E-state index in [9.17, 15) is 19.5 Å². The zero-order valence-corrected chi connectivity index (χ0v) is 15.6. The van der Waals surface area contributed by atoms with E-state index in [-0.39, 0.29) is 17.1 Å². The van der Waals surface area contributed by atoms with Crippen LogP contribution in [0.25, 0.3) is 0 Å². The summed E-state index contributed by atoms with van der Waals surface area (Å²) in [6, 6.07) is 0. The van der Waals surface area contributed by atoms with Gasteiger partial charge in [0.1, 0.15) is 11.3 Å². The fourth-order valence-corrected chi connectivity index (χ4v) is 2.04. The zero-order valence-electron chi connectivity index (χ0n) is 15.6. The molecule has 26 heavy (non-hydrogen) atoms. The fourth-order valence-electron chi connectivity index (χ4n) is 2.04. The molecule has 0 aliphatic carbocycles. The maximum absolute atomic E-state index is 11.8. The highest BCUT2D eigenvalue weighted by molar-refractivity contribution is 6.15. The molecule has 1 heterocycles. The first-order chi connectivity index (χ1) is 12.0. The van der Waals surface area contributed by atoms with E-state index in [0.29, 0.717) is 25.0 Å². The van der Waals surface area contributed by atoms with Crippen LogP contribution in [0.5, 0.6) is 0 Å². The Balaban J connectivity index is 2.58. The molecule has 0 aromatic heterocycles. The molecule has 0 radical (unpaired) electrons. The number of carbonyl (C=O) groups excluding carboxylic acids is 3. The van der Waals surface area contributed by atoms with Crippen LogP contribution in [0.15, 0.2) is 47.9 Å². The van der Waals surface area contributed by atoms with E-state index in [1.807, 2.05) is 11.9 Å². The molecule has 7 nitrogen and oxygen atoms in total. The second kappa shape index (κ2) is 9.03. The van der Waals surface area contributed by atoms with Gasteiger partial charge in [-0.25, -0.2) is 9.59 Å². The van der Waals surface area contributed by atoms with Gasteiger partial charge in [0.05, 0.1) is 0 Å². The van der Waals surface area contributed by atoms with Crippen molar-refractivity contribution in [2.45, 2.75) is 39.4 Å². The normalized spacial score (nSPS) is 16.9. The lowest BCUT2D eigenvalue weighted by Crippen LogP contribution is -2.41. The third-order valence-corrected chi connectivity index (χ3v) is 3.41. The van der Waals surface area contributed by atoms with Gasteiger partial charge in [-0.2, -0.15) is 0 Å². The van der Waals surface area contributed by atoms with Crippen LogP contribution < -0.4 is 0 Å². The molecule has 0 atom stereocenters. The average Bonchev–Trinajstić information content (AvgIpc) is 2.49. The number of nitrogens with zero attached hydrogens (tertiary/aromatic N) is 1. The van der Waals surface area contributed by atoms with Gasteiger partial charge in [0.2, 0.25) is 0 Å². The minimum absolute atomic E-state index is 0.0426. The monoisotopic (exact) mass is 363 g/mol. The molecule has 0 aromatic carbocycles. The highest BCUT2D eigenvalue weighted by Gasteiger charge is 2.38. The number of hydrogen-bond donors (Lipinski definition) is 1. The van der Waals surface area contributed by atoms with Crippen LogP contribution in [-0.2, 0) is 23.9 Å². The van der Waals surface area contributed by atoms with Crippen molar-refractivity contribution >= 4 is 17.7 Å². The Morgan fingerprint density at radius 2 is 1.85 bits per heavy atom. The summed E-state index contributed by atoms with van der Waals surface area (Å²) in [7, 11) is 1.82. The molecule has 0 aromatic rings. The molecule has 1 fully saturated rings. The van der Waals surface area contributed by atoms with Gasteiger partial charge < -0.3 is 19.5 Å². The van der Waals surface area contributed by atoms with Gasteiger partial charge in [-0.3, -0.25) is 4.79 Å². The Kier molecular flexibility index (Phi) is 7.37. The van der Waals surface area contributed by atoms with Crippen molar-refractivity contribution in [3.63, 3.8) is 0 Å². The number of carbonyl (C=O) groups is 3. The smallest absolute Gasteiger partial charge is 0.348 e. The molecule has 142 valence electrons. The number of cyclic esters (lactones) is 2. The lowest BCUT2D eigenvalue weighted by Gasteiger charge is -2.29. The lowest BCUT2D eigenvalue weighted by molar-refractivity contribution is -0.222. The first kappa shape index (κ1) is 21.2. The maximum atomic E-state index is 11.8. The summed E-state index contributed by atoms with van der Waals surface area (Å²) in [5, 5.41) is 9.83. The van der Waals surface area contributed by atoms with Crippen molar-refractivity contribution in [1.29, 1.82) is 0 Å². The zero-order chi connectivity index (χ0) is 19.9. The van der Waals surface area contributed by atoms with E-state index in [1.54, 1.807) is 19.2 Å². The van der Waals surface area contributed by atoms with Gasteiger partial charge in [0, 0.05) is 39.9 Å². The van der Waals surface area contributed by atoms with Crippen molar-refractivity contribution in [2.75, 3.05) is 13.6 Å². The summed E-state index contributed by atoms with van der Waals surface area (Å²) >= 11 is 0. The van der Waals surface area contributed by atoms with Crippen molar-refractivity contribution in [3.05, 3.63) is 47.9 Å². The summed E-state index contributed by atoms with van der Waals surface area (Å²) in [6.07, 6.45) is 6.68. The summed E-state index contributed by atoms with van der Waals surface area (Å²) in [6.45, 7) is 8.83. The minimum Gasteiger partial charge on any atom is -0.508 e. The van der Waals surface area contributed by atoms with E-state index < -0.39 is 17.7 Å². The molecular formula is C19H25NO6. The van der Waals surface area contributed by atoms with Gasteiger partial charge in [0.25, 0.3) is 5.79 Å². The van der Waals surface area contributed by atoms with Crippen LogP contribution in [0.2, 0.25) is 0 Å². The number of aliphatic hydroxyl groups excluding tert-OH is 1. The SMILES string of the molecule is C=C(C)C(=O)CCCN(C)/C=C/C=C(\O)C=C1C(=O)OC(C)(C)OC1=O. The number of Topliss-reactive ketones (excluding diaryl/α,β-unsaturated/α-hetero) is 1. The number of ketones is 1. The number of rotatable bonds is 8. The molecule has 1 rings (SSSR count). The van der Waals surface area contributed by atoms with Gasteiger partial charge in [-0.05, 0) is 37.3 Å². The van der Waals surface area contributed by atoms with E-state index in [0.717, 1.165) is 6.08 Å². The third-order valence-electron chi connectivity index (χ3n) is 3.41. The highest BCUT2D eigenvalue weighted by atomic mass is 16.7. The minimum atomic E-state index is -1.32. The topological polar surface area (TPSA) is 93.1 Å². The Morgan fingerprint density at radius 1 is 1.27 bits per heavy atom. The van der Waals surface area contributed by atoms with E-state index >= 15 is 0 Å². The van der Waals surface area contributed by atoms with Crippen molar-refractivity contribution < 1.29 is 29.0 Å². The number of ether oxygens (including phenoxy) is 2. The third kappa shape index (κ3) is 6.96. The Hall–Kier alpha value is -2.83. The summed E-state index contributed by atoms with van der Waals surface area (Å²) in [5.41, 5.74) is 0.172. The van der Waals surface area contributed by atoms with Gasteiger partial charge in [-0.1, -0.05) is 6.58 Å². The van der Waals surface area contributed by atoms with Crippen LogP contribution in [0.4, 0.5) is 0 Å². The Morgan fingerprint density at radius 3 is 2.38 bits per heavy atom. The van der Waals surface area contributed by atoms with Crippen LogP contribution in [0.1, 0.15) is 33.6 Å². The summed E-state index contributed by atoms with van der Waals surface area (Å²) in [4.78, 5) is 36.8. The van der Waals surface area contributed by atoms with Crippen LogP contribution in [0, 0.1) is 0 Å². The van der Waals surface area contributed by atoms with Gasteiger partial charge in [0.15, 0.2) is 5.78 Å². The summed E-state index contributed by atoms with van der Waals surface area (Å²) < 4.78 is 9.86. The Bertz CT molecular complexity index is 662. The first-order valence-electron chi connectivity index (χ1n) is 8.16. The number of hydrogen-bond acceptors (Lipinski definition) is 7. The maximum Gasteiger partial charge on any atom is 0.348 e. The van der Waals surface area contributed by atoms with E-state index in [1.165, 1.54) is 19.9 Å². The van der Waals surface area contributed by atoms with Gasteiger partial charge in [-0.15, -0.1) is 0 Å². The fraction of sp³-hybridized carbons (Fsp3) is 0.421. The molecular weight excluding hydrogens is 338 g/mol. The predicted octanol–water partition coefficient (Wildman–Crippen LogP) is 2.56. The van der Waals surface area contributed by atoms with Crippen LogP contribution in [0.3, 0.4) is 0 Å². The number of esters is 2. The predicted molar refractivity (Wildman–Crippen MR) is 95.9 cm³/mol. The molecule has 0 bridgehead atoms. The van der Waals surface area contributed by atoms with Crippen molar-refractivity contribution in [2.24, 2.45) is 0 Å². The molecule has 1 N–H and O–H groups in total. The molecule has 1 aliphatic rings. The first-order valence-corrected chi connectivity index (χ1v) is 8.16. The largest absolute Gasteiger partial charge is 0.508 e. The quantitative estimate of drug-likeness (QED) is 0.233. The average molecular weight is 363 g/mol. The molecule has 1 saturated heterocycles. The molecule has 7 heteroatoms. The second-order valence-electron chi connectivity index (χ2n) is 6.46. The highest BCUT2D eigenvalue weighted by Crippen LogP contribution is 2.23. The second-order valence-corrected chi connectivity index (χ2v) is 6.46. The van der Waals surface area contributed by atoms with Crippen LogP contribution in [-0.4, -0.2) is 47.1 Å². The van der Waals surface area contributed by atoms with E-state index in [2.05, 4.69) is 6.58 Å². The molecule has 0 spiro atoms. The van der Waals surface area contributed by atoms with Crippen molar-refractivity contribution in [1.82, 2.24) is 4.90 Å². The number of aliphatic hydroxyl groups is 1. The van der Waals surface area contributed by atoms with E-state index in [4.69, 9.17) is 9.47 Å². The molecule has 0 amide bonds. The lowest BCUT2D eigenvalue weighted by atomic mass is 10.1. The molecule has 1 aliphatic heterocycles. The molecule has 0 saturated carbocycles. The summed E-state index contributed by atoms with van der Waals surface area (Å²) in [5.74, 6) is -3.28. The van der Waals surface area contributed by atoms with Crippen LogP contribution >= 0.6 is 0 Å². The van der Waals surface area contributed by atoms with Gasteiger partial charge >= 0.3 is 11.9 Å². The standard InChI is InChI=1S/C19H25NO6/c1-13(2)16(22)9-7-11-20(5)10-6-8-14(21)12-15-17(23)25-19(3,4)26-18(15)24/h6,8,10,12,21H,1,7,9,11H2,2-5H3/b10-6+,14-8-. The van der Waals surface area contributed by atoms with Crippen molar-refractivity contribution in [3.8, 4) is 0 Å².